The van der Waals surface area contributed by atoms with Crippen LogP contribution in [0.5, 0.6) is 0 Å². The van der Waals surface area contributed by atoms with E-state index in [1.165, 1.54) is 0 Å². The lowest BCUT2D eigenvalue weighted by Crippen LogP contribution is -2.59. The van der Waals surface area contributed by atoms with E-state index in [1.807, 2.05) is 6.07 Å². The quantitative estimate of drug-likeness (QED) is 0.158. The molecule has 0 spiro atoms. The number of nitrogens with one attached hydrogen (secondary N) is 3. The van der Waals surface area contributed by atoms with Gasteiger partial charge in [0, 0.05) is 6.42 Å². The summed E-state index contributed by atoms with van der Waals surface area (Å²) in [5.74, 6) is -4.83. The summed E-state index contributed by atoms with van der Waals surface area (Å²) in [6.45, 7) is 2.40. The first-order chi connectivity index (χ1) is 16.0. The van der Waals surface area contributed by atoms with Gasteiger partial charge in [-0.3, -0.25) is 19.2 Å². The van der Waals surface area contributed by atoms with Gasteiger partial charge < -0.3 is 37.6 Å². The second-order valence-electron chi connectivity index (χ2n) is 8.17. The van der Waals surface area contributed by atoms with E-state index >= 15 is 0 Å². The number of aliphatic hydroxyl groups excluding tert-OH is 1. The van der Waals surface area contributed by atoms with Crippen molar-refractivity contribution < 1.29 is 34.2 Å². The first-order valence-electron chi connectivity index (χ1n) is 10.8. The maximum Gasteiger partial charge on any atom is 0.328 e. The second-order valence-corrected chi connectivity index (χ2v) is 8.17. The number of rotatable bonds is 14. The fourth-order valence-electron chi connectivity index (χ4n) is 3.03. The van der Waals surface area contributed by atoms with Gasteiger partial charge in [-0.05, 0) is 24.3 Å². The molecule has 0 aromatic heterocycles. The van der Waals surface area contributed by atoms with Crippen LogP contribution < -0.4 is 27.4 Å². The highest BCUT2D eigenvalue weighted by Gasteiger charge is 2.31. The molecule has 34 heavy (non-hydrogen) atoms. The third-order valence-corrected chi connectivity index (χ3v) is 4.99. The minimum atomic E-state index is -1.55. The molecule has 9 N–H and O–H groups in total. The molecule has 4 atom stereocenters. The molecule has 1 rings (SSSR count). The Labute approximate surface area is 197 Å². The van der Waals surface area contributed by atoms with Gasteiger partial charge in [0.1, 0.15) is 18.1 Å². The Balaban J connectivity index is 2.93. The van der Waals surface area contributed by atoms with Crippen molar-refractivity contribution in [1.29, 1.82) is 0 Å². The zero-order chi connectivity index (χ0) is 25.8. The van der Waals surface area contributed by atoms with Crippen LogP contribution in [0.4, 0.5) is 0 Å². The Bertz CT molecular complexity index is 862. The highest BCUT2D eigenvalue weighted by Crippen LogP contribution is 2.07. The largest absolute Gasteiger partial charge is 0.480 e. The van der Waals surface area contributed by atoms with Gasteiger partial charge in [0.2, 0.25) is 23.6 Å². The molecule has 4 unspecified atom stereocenters. The Hall–Kier alpha value is -3.51. The molecule has 0 saturated carbocycles. The van der Waals surface area contributed by atoms with Crippen LogP contribution in [0.3, 0.4) is 0 Å². The summed E-state index contributed by atoms with van der Waals surface area (Å²) in [6.07, 6.45) is -0.131. The van der Waals surface area contributed by atoms with Gasteiger partial charge >= 0.3 is 5.97 Å². The van der Waals surface area contributed by atoms with Gasteiger partial charge in [0.15, 0.2) is 0 Å². The van der Waals surface area contributed by atoms with E-state index in [4.69, 9.17) is 21.7 Å². The second kappa shape index (κ2) is 13.9. The van der Waals surface area contributed by atoms with Crippen molar-refractivity contribution in [2.75, 3.05) is 6.61 Å². The Morgan fingerprint density at radius 1 is 0.912 bits per heavy atom. The summed E-state index contributed by atoms with van der Waals surface area (Å²) in [6, 6.07) is 4.09. The minimum absolute atomic E-state index is 0.133. The summed E-state index contributed by atoms with van der Waals surface area (Å²) >= 11 is 0. The lowest BCUT2D eigenvalue weighted by Gasteiger charge is -2.26. The van der Waals surface area contributed by atoms with Gasteiger partial charge in [-0.1, -0.05) is 44.2 Å². The number of carbonyl (C=O) groups is 5. The average molecular weight is 480 g/mol. The van der Waals surface area contributed by atoms with Crippen molar-refractivity contribution in [3.63, 3.8) is 0 Å². The van der Waals surface area contributed by atoms with E-state index < -0.39 is 66.3 Å². The molecule has 0 aliphatic rings. The Morgan fingerprint density at radius 3 is 2.00 bits per heavy atom. The molecule has 0 heterocycles. The summed E-state index contributed by atoms with van der Waals surface area (Å²) in [5, 5.41) is 25.3. The molecule has 12 heteroatoms. The molecular weight excluding hydrogens is 446 g/mol. The van der Waals surface area contributed by atoms with Crippen molar-refractivity contribution in [3.05, 3.63) is 35.9 Å². The number of carboxylic acids is 1. The number of benzene rings is 1. The van der Waals surface area contributed by atoms with E-state index in [2.05, 4.69) is 16.0 Å². The van der Waals surface area contributed by atoms with E-state index in [0.717, 1.165) is 5.56 Å². The lowest BCUT2D eigenvalue weighted by molar-refractivity contribution is -0.143. The van der Waals surface area contributed by atoms with E-state index in [-0.39, 0.29) is 19.3 Å². The van der Waals surface area contributed by atoms with Gasteiger partial charge in [0.05, 0.1) is 12.6 Å². The van der Waals surface area contributed by atoms with Gasteiger partial charge in [0.25, 0.3) is 0 Å². The average Bonchev–Trinajstić information content (AvgIpc) is 2.77. The number of aliphatic carboxylic acids is 1. The zero-order valence-corrected chi connectivity index (χ0v) is 19.2. The molecule has 0 aliphatic carbocycles. The topological polar surface area (TPSA) is 214 Å². The van der Waals surface area contributed by atoms with Crippen LogP contribution in [0.2, 0.25) is 0 Å². The first-order valence-corrected chi connectivity index (χ1v) is 10.8. The molecule has 0 bridgehead atoms. The molecule has 1 aromatic carbocycles. The monoisotopic (exact) mass is 479 g/mol. The maximum atomic E-state index is 12.9. The van der Waals surface area contributed by atoms with Crippen molar-refractivity contribution >= 4 is 29.6 Å². The highest BCUT2D eigenvalue weighted by atomic mass is 16.4. The fraction of sp³-hybridized carbons (Fsp3) is 0.500. The van der Waals surface area contributed by atoms with Crippen molar-refractivity contribution in [3.8, 4) is 0 Å². The Kier molecular flexibility index (Phi) is 11.7. The summed E-state index contributed by atoms with van der Waals surface area (Å²) in [4.78, 5) is 60.4. The zero-order valence-electron chi connectivity index (χ0n) is 19.2. The predicted octanol–water partition coefficient (Wildman–Crippen LogP) is -1.99. The summed E-state index contributed by atoms with van der Waals surface area (Å²) < 4.78 is 0. The number of carbonyl (C=O) groups excluding carboxylic acids is 4. The van der Waals surface area contributed by atoms with Crippen LogP contribution in [0.25, 0.3) is 0 Å². The molecule has 188 valence electrons. The van der Waals surface area contributed by atoms with E-state index in [9.17, 15) is 24.0 Å². The molecule has 0 fully saturated rings. The number of amides is 4. The number of primary amides is 1. The molecule has 4 amide bonds. The fourth-order valence-corrected chi connectivity index (χ4v) is 3.03. The SMILES string of the molecule is CC(C)C(NC(=O)C(CCC(N)=O)NC(=O)C(N)Cc1ccccc1)C(=O)NC(CO)C(=O)O. The van der Waals surface area contributed by atoms with Crippen LogP contribution in [-0.2, 0) is 30.4 Å². The summed E-state index contributed by atoms with van der Waals surface area (Å²) in [7, 11) is 0. The maximum absolute atomic E-state index is 12.9. The number of nitrogens with two attached hydrogens (primary N) is 2. The van der Waals surface area contributed by atoms with E-state index in [0.29, 0.717) is 0 Å². The van der Waals surface area contributed by atoms with Gasteiger partial charge in [-0.2, -0.15) is 0 Å². The third-order valence-electron chi connectivity index (χ3n) is 4.99. The highest BCUT2D eigenvalue weighted by molar-refractivity contribution is 5.94. The first kappa shape index (κ1) is 28.5. The van der Waals surface area contributed by atoms with Crippen LogP contribution in [0.15, 0.2) is 30.3 Å². The van der Waals surface area contributed by atoms with Crippen LogP contribution in [-0.4, -0.2) is 70.6 Å². The Morgan fingerprint density at radius 2 is 1.50 bits per heavy atom. The number of hydrogen-bond acceptors (Lipinski definition) is 7. The van der Waals surface area contributed by atoms with Gasteiger partial charge in [-0.25, -0.2) is 4.79 Å². The molecule has 0 radical (unpaired) electrons. The molecule has 0 saturated heterocycles. The number of hydrogen-bond donors (Lipinski definition) is 7. The van der Waals surface area contributed by atoms with Crippen LogP contribution >= 0.6 is 0 Å². The van der Waals surface area contributed by atoms with Gasteiger partial charge in [-0.15, -0.1) is 0 Å². The molecular formula is C22H33N5O7. The third kappa shape index (κ3) is 9.55. The normalized spacial score (nSPS) is 14.4. The molecule has 0 aliphatic heterocycles. The van der Waals surface area contributed by atoms with Crippen LogP contribution in [0, 0.1) is 5.92 Å². The predicted molar refractivity (Wildman–Crippen MR) is 122 cm³/mol. The summed E-state index contributed by atoms with van der Waals surface area (Å²) in [5.41, 5.74) is 12.0. The smallest absolute Gasteiger partial charge is 0.328 e. The van der Waals surface area contributed by atoms with Crippen molar-refractivity contribution in [2.45, 2.75) is 57.3 Å². The number of aliphatic hydroxyl groups is 1. The molecule has 1 aromatic rings. The standard InChI is InChI=1S/C22H33N5O7/c1-12(2)18(21(32)26-16(11-28)22(33)34)27-20(31)15(8-9-17(24)29)25-19(30)14(23)10-13-6-4-3-5-7-13/h3-7,12,14-16,18,28H,8-11,23H2,1-2H3,(H2,24,29)(H,25,30)(H,26,32)(H,27,31)(H,33,34). The van der Waals surface area contributed by atoms with E-state index in [1.54, 1.807) is 38.1 Å². The molecule has 12 nitrogen and oxygen atoms in total. The lowest BCUT2D eigenvalue weighted by atomic mass is 10.0. The minimum Gasteiger partial charge on any atom is -0.480 e. The van der Waals surface area contributed by atoms with Crippen molar-refractivity contribution in [1.82, 2.24) is 16.0 Å². The van der Waals surface area contributed by atoms with Crippen molar-refractivity contribution in [2.24, 2.45) is 17.4 Å². The van der Waals surface area contributed by atoms with Crippen LogP contribution in [0.1, 0.15) is 32.3 Å². The number of carboxylic acid groups (broad SMARTS) is 1.